The van der Waals surface area contributed by atoms with Crippen molar-refractivity contribution >= 4 is 40.9 Å². The fourth-order valence-electron chi connectivity index (χ4n) is 4.36. The zero-order chi connectivity index (χ0) is 31.4. The molecular formula is C32H30N10O2. The van der Waals surface area contributed by atoms with E-state index >= 15 is 0 Å². The number of nitrogens with one attached hydrogen (secondary N) is 4. The van der Waals surface area contributed by atoms with Crippen molar-refractivity contribution in [2.75, 3.05) is 22.1 Å². The fraction of sp³-hybridized carbons (Fsp3) is 0.0625. The first kappa shape index (κ1) is 29.2. The number of amides is 2. The zero-order valence-electron chi connectivity index (χ0n) is 24.0. The molecular weight excluding hydrogens is 556 g/mol. The second-order valence-corrected chi connectivity index (χ2v) is 10.0. The molecule has 0 unspecified atom stereocenters. The van der Waals surface area contributed by atoms with Gasteiger partial charge in [-0.1, -0.05) is 36.4 Å². The maximum Gasteiger partial charge on any atom is 0.255 e. The summed E-state index contributed by atoms with van der Waals surface area (Å²) < 4.78 is 3.14. The average Bonchev–Trinajstić information content (AvgIpc) is 3.01. The van der Waals surface area contributed by atoms with Crippen molar-refractivity contribution in [3.8, 4) is 22.3 Å². The fourth-order valence-corrected chi connectivity index (χ4v) is 4.36. The van der Waals surface area contributed by atoms with Gasteiger partial charge >= 0.3 is 0 Å². The predicted molar refractivity (Wildman–Crippen MR) is 170 cm³/mol. The molecule has 0 spiro atoms. The number of carbonyl (C=O) groups is 2. The van der Waals surface area contributed by atoms with Crippen LogP contribution in [-0.2, 0) is 18.9 Å². The van der Waals surface area contributed by atoms with E-state index in [0.29, 0.717) is 28.1 Å². The summed E-state index contributed by atoms with van der Waals surface area (Å²) in [6, 6.07) is 21.2. The lowest BCUT2D eigenvalue weighted by Gasteiger charge is -2.10. The van der Waals surface area contributed by atoms with E-state index in [9.17, 15) is 9.59 Å². The van der Waals surface area contributed by atoms with Gasteiger partial charge in [-0.25, -0.2) is 0 Å². The molecule has 5 rings (SSSR count). The van der Waals surface area contributed by atoms with Crippen LogP contribution in [0.3, 0.4) is 0 Å². The highest BCUT2D eigenvalue weighted by atomic mass is 16.2. The molecule has 3 aromatic carbocycles. The van der Waals surface area contributed by atoms with E-state index in [2.05, 4.69) is 20.6 Å². The van der Waals surface area contributed by atoms with Crippen LogP contribution in [0.25, 0.3) is 28.3 Å². The van der Waals surface area contributed by atoms with Crippen molar-refractivity contribution in [2.24, 2.45) is 14.1 Å². The van der Waals surface area contributed by atoms with Crippen LogP contribution in [0.2, 0.25) is 0 Å². The van der Waals surface area contributed by atoms with Gasteiger partial charge in [-0.15, -0.1) is 0 Å². The highest BCUT2D eigenvalue weighted by Gasteiger charge is 2.10. The minimum absolute atomic E-state index is 0.0646. The molecule has 2 amide bonds. The van der Waals surface area contributed by atoms with Crippen molar-refractivity contribution in [2.45, 2.75) is 0 Å². The molecule has 8 N–H and O–H groups in total. The smallest absolute Gasteiger partial charge is 0.255 e. The Morgan fingerprint density at radius 1 is 0.705 bits per heavy atom. The summed E-state index contributed by atoms with van der Waals surface area (Å²) in [5.74, 6) is -0.0622. The number of aryl methyl sites for hydroxylation is 2. The van der Waals surface area contributed by atoms with E-state index in [1.54, 1.807) is 90.2 Å². The van der Waals surface area contributed by atoms with Crippen LogP contribution in [-0.4, -0.2) is 30.9 Å². The molecule has 2 heterocycles. The lowest BCUT2D eigenvalue weighted by Crippen LogP contribution is -2.21. The second-order valence-electron chi connectivity index (χ2n) is 10.0. The number of hydrogen-bond donors (Lipinski definition) is 6. The number of rotatable bonds is 7. The van der Waals surface area contributed by atoms with Crippen molar-refractivity contribution in [1.29, 1.82) is 10.8 Å². The van der Waals surface area contributed by atoms with Gasteiger partial charge in [0.05, 0.1) is 0 Å². The molecule has 0 aliphatic heterocycles. The maximum absolute atomic E-state index is 12.8. The first-order valence-corrected chi connectivity index (χ1v) is 13.4. The van der Waals surface area contributed by atoms with Gasteiger partial charge in [0.1, 0.15) is 11.6 Å². The third-order valence-corrected chi connectivity index (χ3v) is 6.84. The minimum Gasteiger partial charge on any atom is -0.383 e. The lowest BCUT2D eigenvalue weighted by molar-refractivity contribution is -0.111. The van der Waals surface area contributed by atoms with Crippen LogP contribution in [0.4, 0.5) is 23.0 Å². The van der Waals surface area contributed by atoms with E-state index in [-0.39, 0.29) is 34.7 Å². The summed E-state index contributed by atoms with van der Waals surface area (Å²) in [7, 11) is 3.44. The van der Waals surface area contributed by atoms with Crippen molar-refractivity contribution in [3.05, 3.63) is 114 Å². The quantitative estimate of drug-likeness (QED) is 0.158. The molecule has 2 aromatic heterocycles. The van der Waals surface area contributed by atoms with E-state index in [1.807, 2.05) is 24.3 Å². The number of nitrogens with two attached hydrogens (primary N) is 2. The van der Waals surface area contributed by atoms with Gasteiger partial charge < -0.3 is 31.2 Å². The first-order valence-electron chi connectivity index (χ1n) is 13.4. The Morgan fingerprint density at radius 2 is 1.16 bits per heavy atom. The number of benzene rings is 3. The van der Waals surface area contributed by atoms with Crippen LogP contribution in [0.5, 0.6) is 0 Å². The molecule has 5 aromatic rings. The number of anilines is 4. The van der Waals surface area contributed by atoms with Crippen LogP contribution < -0.4 is 33.3 Å². The monoisotopic (exact) mass is 586 g/mol. The van der Waals surface area contributed by atoms with E-state index in [4.69, 9.17) is 22.3 Å². The molecule has 12 nitrogen and oxygen atoms in total. The van der Waals surface area contributed by atoms with E-state index < -0.39 is 0 Å². The maximum atomic E-state index is 12.8. The summed E-state index contributed by atoms with van der Waals surface area (Å²) in [6.45, 7) is 0. The minimum atomic E-state index is -0.309. The Bertz CT molecular complexity index is 2010. The van der Waals surface area contributed by atoms with Crippen LogP contribution in [0.15, 0.2) is 91.3 Å². The van der Waals surface area contributed by atoms with Gasteiger partial charge in [-0.05, 0) is 59.2 Å². The number of nitrogen functional groups attached to an aromatic ring is 2. The highest BCUT2D eigenvalue weighted by molar-refractivity contribution is 6.05. The molecule has 0 saturated carbocycles. The number of hydrogen-bond acceptors (Lipinski definition) is 8. The molecule has 0 radical (unpaired) electrons. The van der Waals surface area contributed by atoms with Crippen LogP contribution in [0, 0.1) is 10.8 Å². The Labute approximate surface area is 252 Å². The van der Waals surface area contributed by atoms with Crippen LogP contribution in [0.1, 0.15) is 15.9 Å². The Balaban J connectivity index is 1.17. The predicted octanol–water partition coefficient (Wildman–Crippen LogP) is 3.52. The molecule has 0 fully saturated rings. The largest absolute Gasteiger partial charge is 0.383 e. The molecule has 0 aliphatic carbocycles. The number of aromatic nitrogens is 4. The Hall–Kier alpha value is -6.30. The van der Waals surface area contributed by atoms with Crippen molar-refractivity contribution < 1.29 is 9.59 Å². The van der Waals surface area contributed by atoms with Gasteiger partial charge in [0.2, 0.25) is 17.1 Å². The molecule has 0 saturated heterocycles. The summed E-state index contributed by atoms with van der Waals surface area (Å²) in [4.78, 5) is 33.3. The normalized spacial score (nSPS) is 11.0. The highest BCUT2D eigenvalue weighted by Crippen LogP contribution is 2.26. The van der Waals surface area contributed by atoms with Crippen molar-refractivity contribution in [3.63, 3.8) is 0 Å². The third-order valence-electron chi connectivity index (χ3n) is 6.84. The van der Waals surface area contributed by atoms with E-state index in [1.165, 1.54) is 6.08 Å². The molecule has 0 atom stereocenters. The molecule has 0 aliphatic rings. The average molecular weight is 587 g/mol. The number of nitrogens with zero attached hydrogens (tertiary/aromatic N) is 4. The standard InChI is InChI=1S/C32H30N10O2/c1-41-17-25(28(33)39-31(41)35)20-8-12-23(13-9-20)37-27(43)16-5-19-3-6-22(7-4-19)30(44)38-24-14-10-21(11-15-24)26-18-42(2)32(36)40-29(26)34/h3-18H,1-2H3,(H,37,43)(H,38,44)(H3,33,35,39)(H3,34,36,40)/b16-5+. The SMILES string of the molecule is Cn1cc(-c2ccc(NC(=O)/C=C/c3ccc(C(=O)Nc4ccc(-c5cn(C)c(=N)nc5N)cc4)cc3)cc2)c(N)nc1=N. The summed E-state index contributed by atoms with van der Waals surface area (Å²) >= 11 is 0. The van der Waals surface area contributed by atoms with Gasteiger partial charge in [-0.2, -0.15) is 9.97 Å². The van der Waals surface area contributed by atoms with Gasteiger partial charge in [0.25, 0.3) is 5.91 Å². The lowest BCUT2D eigenvalue weighted by atomic mass is 10.1. The Morgan fingerprint density at radius 3 is 1.64 bits per heavy atom. The molecule has 12 heteroatoms. The van der Waals surface area contributed by atoms with Crippen LogP contribution >= 0.6 is 0 Å². The molecule has 44 heavy (non-hydrogen) atoms. The Kier molecular flexibility index (Phi) is 8.15. The summed E-state index contributed by atoms with van der Waals surface area (Å²) in [5.41, 5.74) is 17.5. The first-order chi connectivity index (χ1) is 21.1. The van der Waals surface area contributed by atoms with E-state index in [0.717, 1.165) is 16.7 Å². The van der Waals surface area contributed by atoms with Crippen molar-refractivity contribution in [1.82, 2.24) is 19.1 Å². The molecule has 220 valence electrons. The third kappa shape index (κ3) is 6.60. The molecule has 0 bridgehead atoms. The topological polar surface area (TPSA) is 194 Å². The summed E-state index contributed by atoms with van der Waals surface area (Å²) in [6.07, 6.45) is 6.56. The number of carbonyl (C=O) groups excluding carboxylic acids is 2. The van der Waals surface area contributed by atoms with Gasteiger partial charge in [0, 0.05) is 60.6 Å². The zero-order valence-corrected chi connectivity index (χ0v) is 24.0. The summed E-state index contributed by atoms with van der Waals surface area (Å²) in [5, 5.41) is 21.2. The van der Waals surface area contributed by atoms with Gasteiger partial charge in [-0.3, -0.25) is 20.4 Å². The van der Waals surface area contributed by atoms with Gasteiger partial charge in [0.15, 0.2) is 0 Å². The second kappa shape index (κ2) is 12.3.